The number of anilines is 1. The highest BCUT2D eigenvalue weighted by atomic mass is 32.1. The summed E-state index contributed by atoms with van der Waals surface area (Å²) in [6, 6.07) is 15.0. The molecule has 0 fully saturated rings. The number of aromatic amines is 1. The van der Waals surface area contributed by atoms with Gasteiger partial charge in [-0.2, -0.15) is 0 Å². The molecule has 0 saturated heterocycles. The van der Waals surface area contributed by atoms with Crippen molar-refractivity contribution in [1.82, 2.24) is 14.9 Å². The van der Waals surface area contributed by atoms with Gasteiger partial charge in [0.25, 0.3) is 11.5 Å². The van der Waals surface area contributed by atoms with Crippen molar-refractivity contribution in [3.8, 4) is 0 Å². The van der Waals surface area contributed by atoms with Crippen LogP contribution in [0.15, 0.2) is 66.0 Å². The fourth-order valence-corrected chi connectivity index (χ4v) is 3.46. The van der Waals surface area contributed by atoms with Crippen LogP contribution in [0, 0.1) is 10.7 Å². The third kappa shape index (κ3) is 4.86. The van der Waals surface area contributed by atoms with E-state index in [0.29, 0.717) is 40.2 Å². The molecule has 0 aliphatic carbocycles. The summed E-state index contributed by atoms with van der Waals surface area (Å²) in [5, 5.41) is 6.93. The van der Waals surface area contributed by atoms with Crippen molar-refractivity contribution in [2.24, 2.45) is 5.92 Å². The van der Waals surface area contributed by atoms with E-state index < -0.39 is 0 Å². The first-order chi connectivity index (χ1) is 14.4. The van der Waals surface area contributed by atoms with Crippen LogP contribution in [0.2, 0.25) is 0 Å². The molecule has 0 spiro atoms. The molecule has 1 unspecified atom stereocenters. The van der Waals surface area contributed by atoms with Crippen LogP contribution >= 0.6 is 12.2 Å². The number of allylic oxidation sites excluding steroid dienone is 1. The molecule has 156 valence electrons. The fraction of sp³-hybridized carbons (Fsp3) is 0.261. The predicted molar refractivity (Wildman–Crippen MR) is 125 cm³/mol. The lowest BCUT2D eigenvalue weighted by Gasteiger charge is -2.24. The van der Waals surface area contributed by atoms with Gasteiger partial charge in [0.15, 0.2) is 4.77 Å². The number of nitrogens with zero attached hydrogens (tertiary/aromatic N) is 1. The highest BCUT2D eigenvalue weighted by Gasteiger charge is 2.16. The first kappa shape index (κ1) is 21.5. The number of aromatic nitrogens is 2. The van der Waals surface area contributed by atoms with Crippen LogP contribution in [0.3, 0.4) is 0 Å². The third-order valence-electron chi connectivity index (χ3n) is 4.97. The molecule has 0 radical (unpaired) electrons. The van der Waals surface area contributed by atoms with Crippen molar-refractivity contribution in [3.63, 3.8) is 0 Å². The monoisotopic (exact) mass is 422 g/mol. The SMILES string of the molecule is C=CCn1c(=S)[nH]c2cc(C(=O)NCC(Nc3ccccc3)C(C)C)ccc2c1=O. The number of benzene rings is 2. The second-order valence-electron chi connectivity index (χ2n) is 7.47. The van der Waals surface area contributed by atoms with Gasteiger partial charge in [-0.1, -0.05) is 38.1 Å². The Hall–Kier alpha value is -3.19. The molecule has 2 aromatic carbocycles. The number of amides is 1. The van der Waals surface area contributed by atoms with Gasteiger partial charge in [-0.25, -0.2) is 0 Å². The van der Waals surface area contributed by atoms with E-state index in [4.69, 9.17) is 12.2 Å². The van der Waals surface area contributed by atoms with Gasteiger partial charge in [-0.3, -0.25) is 14.2 Å². The largest absolute Gasteiger partial charge is 0.380 e. The van der Waals surface area contributed by atoms with Crippen molar-refractivity contribution < 1.29 is 4.79 Å². The quantitative estimate of drug-likeness (QED) is 0.377. The van der Waals surface area contributed by atoms with Gasteiger partial charge in [0.05, 0.1) is 10.9 Å². The normalized spacial score (nSPS) is 12.0. The number of carbonyl (C=O) groups excluding carboxylic acids is 1. The molecule has 0 aliphatic heterocycles. The van der Waals surface area contributed by atoms with Gasteiger partial charge >= 0.3 is 0 Å². The summed E-state index contributed by atoms with van der Waals surface area (Å²) in [7, 11) is 0. The molecular formula is C23H26N4O2S. The summed E-state index contributed by atoms with van der Waals surface area (Å²) in [6.07, 6.45) is 1.62. The van der Waals surface area contributed by atoms with Crippen molar-refractivity contribution in [3.05, 3.63) is 81.9 Å². The number of H-pyrrole nitrogens is 1. The van der Waals surface area contributed by atoms with Crippen molar-refractivity contribution in [2.45, 2.75) is 26.4 Å². The lowest BCUT2D eigenvalue weighted by molar-refractivity contribution is 0.0950. The van der Waals surface area contributed by atoms with E-state index in [-0.39, 0.29) is 17.5 Å². The minimum absolute atomic E-state index is 0.0775. The summed E-state index contributed by atoms with van der Waals surface area (Å²) in [4.78, 5) is 28.4. The zero-order valence-electron chi connectivity index (χ0n) is 17.1. The molecule has 3 rings (SSSR count). The second-order valence-corrected chi connectivity index (χ2v) is 7.85. The lowest BCUT2D eigenvalue weighted by Crippen LogP contribution is -2.39. The van der Waals surface area contributed by atoms with Gasteiger partial charge in [0, 0.05) is 30.4 Å². The minimum atomic E-state index is -0.202. The number of carbonyl (C=O) groups is 1. The van der Waals surface area contributed by atoms with Crippen LogP contribution in [-0.4, -0.2) is 28.0 Å². The van der Waals surface area contributed by atoms with Crippen molar-refractivity contribution in [2.75, 3.05) is 11.9 Å². The Kier molecular flexibility index (Phi) is 6.84. The molecule has 1 amide bonds. The van der Waals surface area contributed by atoms with E-state index in [9.17, 15) is 9.59 Å². The Morgan fingerprint density at radius 3 is 2.63 bits per heavy atom. The molecule has 0 bridgehead atoms. The molecule has 3 N–H and O–H groups in total. The molecule has 1 atom stereocenters. The van der Waals surface area contributed by atoms with E-state index >= 15 is 0 Å². The Morgan fingerprint density at radius 1 is 1.23 bits per heavy atom. The molecule has 30 heavy (non-hydrogen) atoms. The zero-order valence-corrected chi connectivity index (χ0v) is 18.0. The zero-order chi connectivity index (χ0) is 21.7. The highest BCUT2D eigenvalue weighted by Crippen LogP contribution is 2.13. The number of nitrogens with one attached hydrogen (secondary N) is 3. The predicted octanol–water partition coefficient (Wildman–Crippen LogP) is 4.11. The third-order valence-corrected chi connectivity index (χ3v) is 5.29. The molecule has 0 saturated carbocycles. The maximum absolute atomic E-state index is 12.7. The van der Waals surface area contributed by atoms with Gasteiger partial charge in [0.2, 0.25) is 0 Å². The van der Waals surface area contributed by atoms with E-state index in [0.717, 1.165) is 5.69 Å². The van der Waals surface area contributed by atoms with Crippen molar-refractivity contribution >= 4 is 34.7 Å². The van der Waals surface area contributed by atoms with E-state index in [2.05, 4.69) is 36.0 Å². The average Bonchev–Trinajstić information content (AvgIpc) is 2.74. The second kappa shape index (κ2) is 9.54. The number of para-hydroxylation sites is 1. The van der Waals surface area contributed by atoms with Crippen molar-refractivity contribution in [1.29, 1.82) is 0 Å². The minimum Gasteiger partial charge on any atom is -0.380 e. The lowest BCUT2D eigenvalue weighted by atomic mass is 10.0. The van der Waals surface area contributed by atoms with Crippen LogP contribution in [-0.2, 0) is 6.54 Å². The van der Waals surface area contributed by atoms with Gasteiger partial charge in [0.1, 0.15) is 0 Å². The van der Waals surface area contributed by atoms with Crippen LogP contribution in [0.1, 0.15) is 24.2 Å². The first-order valence-electron chi connectivity index (χ1n) is 9.88. The number of hydrogen-bond donors (Lipinski definition) is 3. The van der Waals surface area contributed by atoms with Gasteiger partial charge in [-0.05, 0) is 48.5 Å². The van der Waals surface area contributed by atoms with Crippen LogP contribution in [0.5, 0.6) is 0 Å². The van der Waals surface area contributed by atoms with E-state index in [1.54, 1.807) is 24.3 Å². The number of hydrogen-bond acceptors (Lipinski definition) is 4. The van der Waals surface area contributed by atoms with E-state index in [1.165, 1.54) is 4.57 Å². The molecular weight excluding hydrogens is 396 g/mol. The Labute approximate surface area is 180 Å². The fourth-order valence-electron chi connectivity index (χ4n) is 3.20. The first-order valence-corrected chi connectivity index (χ1v) is 10.3. The Balaban J connectivity index is 1.77. The molecule has 0 aliphatic rings. The summed E-state index contributed by atoms with van der Waals surface area (Å²) in [6.45, 7) is 8.67. The molecule has 6 nitrogen and oxygen atoms in total. The molecule has 7 heteroatoms. The maximum Gasteiger partial charge on any atom is 0.262 e. The van der Waals surface area contributed by atoms with Gasteiger partial charge in [-0.15, -0.1) is 6.58 Å². The summed E-state index contributed by atoms with van der Waals surface area (Å²) < 4.78 is 1.74. The van der Waals surface area contributed by atoms with Crippen LogP contribution in [0.25, 0.3) is 10.9 Å². The summed E-state index contributed by atoms with van der Waals surface area (Å²) in [5.41, 5.74) is 1.82. The Bertz CT molecular complexity index is 1170. The smallest absolute Gasteiger partial charge is 0.262 e. The van der Waals surface area contributed by atoms with Gasteiger partial charge < -0.3 is 15.6 Å². The average molecular weight is 423 g/mol. The molecule has 1 heterocycles. The standard InChI is InChI=1S/C23H26N4O2S/c1-4-12-27-22(29)18-11-10-16(13-19(18)26-23(27)30)21(28)24-14-20(15(2)3)25-17-8-6-5-7-9-17/h4-11,13,15,20,25H,1,12,14H2,2-3H3,(H,24,28)(H,26,30). The van der Waals surface area contributed by atoms with E-state index in [1.807, 2.05) is 30.3 Å². The maximum atomic E-state index is 12.7. The number of fused-ring (bicyclic) bond motifs is 1. The van der Waals surface area contributed by atoms with Crippen LogP contribution < -0.4 is 16.2 Å². The van der Waals surface area contributed by atoms with Crippen LogP contribution in [0.4, 0.5) is 5.69 Å². The highest BCUT2D eigenvalue weighted by molar-refractivity contribution is 7.71. The number of rotatable bonds is 8. The summed E-state index contributed by atoms with van der Waals surface area (Å²) >= 11 is 5.27. The molecule has 3 aromatic rings. The topological polar surface area (TPSA) is 78.9 Å². The summed E-state index contributed by atoms with van der Waals surface area (Å²) in [5.74, 6) is 0.119. The Morgan fingerprint density at radius 2 is 1.97 bits per heavy atom. The molecule has 1 aromatic heterocycles.